The topological polar surface area (TPSA) is 42.1 Å². The van der Waals surface area contributed by atoms with Gasteiger partial charge < -0.3 is 10.6 Å². The summed E-state index contributed by atoms with van der Waals surface area (Å²) in [6, 6.07) is 8.70. The van der Waals surface area contributed by atoms with Crippen LogP contribution in [0.2, 0.25) is 5.02 Å². The average Bonchev–Trinajstić information content (AvgIpc) is 3.23. The Kier molecular flexibility index (Phi) is 3.58. The fraction of sp³-hybridized carbons (Fsp3) is 0.400. The number of nitrogens with zero attached hydrogens (tertiary/aromatic N) is 2. The Morgan fingerprint density at radius 2 is 2.16 bits per heavy atom. The third kappa shape index (κ3) is 2.67. The van der Waals surface area contributed by atoms with Gasteiger partial charge in [-0.15, -0.1) is 0 Å². The van der Waals surface area contributed by atoms with E-state index < -0.39 is 0 Å². The quantitative estimate of drug-likeness (QED) is 0.911. The van der Waals surface area contributed by atoms with Gasteiger partial charge in [-0.05, 0) is 50.1 Å². The molecular formula is C15H18ClN3. The lowest BCUT2D eigenvalue weighted by Gasteiger charge is -2.25. The van der Waals surface area contributed by atoms with Crippen molar-refractivity contribution in [3.63, 3.8) is 0 Å². The summed E-state index contributed by atoms with van der Waals surface area (Å²) in [5.41, 5.74) is 7.87. The molecule has 0 spiro atoms. The number of hydrogen-bond donors (Lipinski definition) is 1. The molecule has 1 aliphatic carbocycles. The second kappa shape index (κ2) is 5.35. The molecule has 0 radical (unpaired) electrons. The molecule has 2 N–H and O–H groups in total. The van der Waals surface area contributed by atoms with E-state index in [1.807, 2.05) is 18.3 Å². The summed E-state index contributed by atoms with van der Waals surface area (Å²) in [4.78, 5) is 6.89. The van der Waals surface area contributed by atoms with Crippen LogP contribution in [-0.2, 0) is 0 Å². The number of halogens is 1. The van der Waals surface area contributed by atoms with Gasteiger partial charge in [-0.2, -0.15) is 0 Å². The number of fused-ring (bicyclic) bond motifs is 1. The first-order valence-corrected chi connectivity index (χ1v) is 7.18. The van der Waals surface area contributed by atoms with Crippen LogP contribution in [0.5, 0.6) is 0 Å². The fourth-order valence-electron chi connectivity index (χ4n) is 2.50. The predicted molar refractivity (Wildman–Crippen MR) is 80.8 cm³/mol. The summed E-state index contributed by atoms with van der Waals surface area (Å²) < 4.78 is 0. The van der Waals surface area contributed by atoms with E-state index in [0.717, 1.165) is 30.0 Å². The highest BCUT2D eigenvalue weighted by molar-refractivity contribution is 6.31. The summed E-state index contributed by atoms with van der Waals surface area (Å²) in [6.07, 6.45) is 5.45. The number of hydrogen-bond acceptors (Lipinski definition) is 3. The maximum absolute atomic E-state index is 6.04. The predicted octanol–water partition coefficient (Wildman–Crippen LogP) is 3.21. The van der Waals surface area contributed by atoms with Crippen molar-refractivity contribution in [2.24, 2.45) is 5.73 Å². The van der Waals surface area contributed by atoms with E-state index in [-0.39, 0.29) is 0 Å². The second-order valence-corrected chi connectivity index (χ2v) is 5.49. The van der Waals surface area contributed by atoms with Crippen molar-refractivity contribution in [3.8, 4) is 0 Å². The number of pyridine rings is 1. The van der Waals surface area contributed by atoms with Gasteiger partial charge >= 0.3 is 0 Å². The van der Waals surface area contributed by atoms with Crippen molar-refractivity contribution in [3.05, 3.63) is 35.5 Å². The zero-order valence-corrected chi connectivity index (χ0v) is 11.6. The Bertz CT molecular complexity index is 581. The monoisotopic (exact) mass is 275 g/mol. The van der Waals surface area contributed by atoms with E-state index in [1.54, 1.807) is 0 Å². The molecule has 1 heterocycles. The number of nitrogens with two attached hydrogens (primary N) is 1. The van der Waals surface area contributed by atoms with Gasteiger partial charge in [0.15, 0.2) is 0 Å². The number of rotatable bonds is 5. The van der Waals surface area contributed by atoms with Gasteiger partial charge in [0.1, 0.15) is 0 Å². The van der Waals surface area contributed by atoms with E-state index in [0.29, 0.717) is 6.04 Å². The maximum atomic E-state index is 6.04. The minimum absolute atomic E-state index is 0.674. The van der Waals surface area contributed by atoms with Crippen LogP contribution in [0, 0.1) is 0 Å². The first-order chi connectivity index (χ1) is 9.29. The van der Waals surface area contributed by atoms with Gasteiger partial charge in [0.05, 0.1) is 5.52 Å². The van der Waals surface area contributed by atoms with Crippen molar-refractivity contribution in [1.82, 2.24) is 4.98 Å². The second-order valence-electron chi connectivity index (χ2n) is 5.06. The number of anilines is 1. The molecule has 1 aromatic heterocycles. The van der Waals surface area contributed by atoms with Crippen LogP contribution < -0.4 is 10.6 Å². The summed E-state index contributed by atoms with van der Waals surface area (Å²) in [5.74, 6) is 0. The minimum atomic E-state index is 0.674. The molecule has 3 nitrogen and oxygen atoms in total. The van der Waals surface area contributed by atoms with Gasteiger partial charge in [0.25, 0.3) is 0 Å². The molecule has 100 valence electrons. The van der Waals surface area contributed by atoms with Gasteiger partial charge in [-0.25, -0.2) is 0 Å². The van der Waals surface area contributed by atoms with Gasteiger partial charge in [-0.1, -0.05) is 11.6 Å². The Balaban J connectivity index is 2.02. The summed E-state index contributed by atoms with van der Waals surface area (Å²) in [6.45, 7) is 1.75. The third-order valence-electron chi connectivity index (χ3n) is 3.58. The number of benzene rings is 1. The Hall–Kier alpha value is -1.32. The average molecular weight is 276 g/mol. The molecular weight excluding hydrogens is 258 g/mol. The molecule has 1 fully saturated rings. The Morgan fingerprint density at radius 3 is 2.89 bits per heavy atom. The molecule has 0 amide bonds. The molecule has 0 aliphatic heterocycles. The standard InChI is InChI=1S/C15H18ClN3/c16-11-2-5-13-14(10-11)18-8-6-15(13)19(9-1-7-17)12-3-4-12/h2,5-6,8,10,12H,1,3-4,7,9,17H2. The van der Waals surface area contributed by atoms with Gasteiger partial charge in [0, 0.05) is 34.9 Å². The van der Waals surface area contributed by atoms with Crippen LogP contribution in [0.3, 0.4) is 0 Å². The van der Waals surface area contributed by atoms with Crippen molar-refractivity contribution in [2.75, 3.05) is 18.0 Å². The molecule has 1 saturated carbocycles. The number of aromatic nitrogens is 1. The highest BCUT2D eigenvalue weighted by Crippen LogP contribution is 2.35. The Labute approximate surface area is 118 Å². The van der Waals surface area contributed by atoms with Crippen LogP contribution in [0.4, 0.5) is 5.69 Å². The lowest BCUT2D eigenvalue weighted by molar-refractivity contribution is 0.734. The molecule has 19 heavy (non-hydrogen) atoms. The van der Waals surface area contributed by atoms with Gasteiger partial charge in [-0.3, -0.25) is 4.98 Å². The molecule has 0 saturated heterocycles. The highest BCUT2D eigenvalue weighted by atomic mass is 35.5. The van der Waals surface area contributed by atoms with E-state index >= 15 is 0 Å². The first kappa shape index (κ1) is 12.7. The zero-order valence-electron chi connectivity index (χ0n) is 10.8. The Morgan fingerprint density at radius 1 is 1.32 bits per heavy atom. The normalized spacial score (nSPS) is 14.8. The molecule has 1 aliphatic rings. The summed E-state index contributed by atoms with van der Waals surface area (Å²) in [7, 11) is 0. The first-order valence-electron chi connectivity index (χ1n) is 6.80. The molecule has 0 atom stereocenters. The van der Waals surface area contributed by atoms with E-state index in [2.05, 4.69) is 22.0 Å². The van der Waals surface area contributed by atoms with E-state index in [9.17, 15) is 0 Å². The smallest absolute Gasteiger partial charge is 0.0737 e. The summed E-state index contributed by atoms with van der Waals surface area (Å²) >= 11 is 6.04. The molecule has 0 unspecified atom stereocenters. The van der Waals surface area contributed by atoms with Crippen molar-refractivity contribution >= 4 is 28.2 Å². The molecule has 3 rings (SSSR count). The SMILES string of the molecule is NCCCN(c1ccnc2cc(Cl)ccc12)C1CC1. The largest absolute Gasteiger partial charge is 0.368 e. The van der Waals surface area contributed by atoms with Crippen LogP contribution >= 0.6 is 11.6 Å². The zero-order chi connectivity index (χ0) is 13.2. The van der Waals surface area contributed by atoms with E-state index in [4.69, 9.17) is 17.3 Å². The van der Waals surface area contributed by atoms with Crippen molar-refractivity contribution in [2.45, 2.75) is 25.3 Å². The molecule has 1 aromatic carbocycles. The molecule has 4 heteroatoms. The lowest BCUT2D eigenvalue weighted by Crippen LogP contribution is -2.28. The minimum Gasteiger partial charge on any atom is -0.368 e. The van der Waals surface area contributed by atoms with Crippen LogP contribution in [0.15, 0.2) is 30.5 Å². The van der Waals surface area contributed by atoms with Crippen LogP contribution in [-0.4, -0.2) is 24.1 Å². The molecule has 0 bridgehead atoms. The third-order valence-corrected chi connectivity index (χ3v) is 3.82. The van der Waals surface area contributed by atoms with Crippen LogP contribution in [0.1, 0.15) is 19.3 Å². The summed E-state index contributed by atoms with van der Waals surface area (Å²) in [5, 5.41) is 1.91. The highest BCUT2D eigenvalue weighted by Gasteiger charge is 2.29. The molecule has 2 aromatic rings. The maximum Gasteiger partial charge on any atom is 0.0737 e. The van der Waals surface area contributed by atoms with Crippen LogP contribution in [0.25, 0.3) is 10.9 Å². The van der Waals surface area contributed by atoms with Gasteiger partial charge in [0.2, 0.25) is 0 Å². The lowest BCUT2D eigenvalue weighted by atomic mass is 10.1. The van der Waals surface area contributed by atoms with Crippen molar-refractivity contribution < 1.29 is 0 Å². The van der Waals surface area contributed by atoms with E-state index in [1.165, 1.54) is 23.9 Å². The van der Waals surface area contributed by atoms with Crippen molar-refractivity contribution in [1.29, 1.82) is 0 Å². The fourth-order valence-corrected chi connectivity index (χ4v) is 2.67.